The maximum absolute atomic E-state index is 12.7. The molecular formula is C20H22N6O. The Kier molecular flexibility index (Phi) is 4.27. The van der Waals surface area contributed by atoms with Gasteiger partial charge >= 0.3 is 0 Å². The summed E-state index contributed by atoms with van der Waals surface area (Å²) in [4.78, 5) is 25.2. The molecule has 0 unspecified atom stereocenters. The third-order valence-corrected chi connectivity index (χ3v) is 4.95. The second-order valence-electron chi connectivity index (χ2n) is 6.78. The van der Waals surface area contributed by atoms with Gasteiger partial charge in [0, 0.05) is 31.7 Å². The van der Waals surface area contributed by atoms with Gasteiger partial charge in [0.1, 0.15) is 5.82 Å². The van der Waals surface area contributed by atoms with E-state index in [2.05, 4.69) is 14.9 Å². The third-order valence-electron chi connectivity index (χ3n) is 4.95. The van der Waals surface area contributed by atoms with Crippen molar-refractivity contribution < 1.29 is 4.79 Å². The first kappa shape index (κ1) is 17.1. The highest BCUT2D eigenvalue weighted by molar-refractivity contribution is 6.00. The number of rotatable bonds is 2. The number of aryl methyl sites for hydroxylation is 1. The molecule has 1 fully saturated rings. The fraction of sp³-hybridized carbons (Fsp3) is 0.250. The highest BCUT2D eigenvalue weighted by atomic mass is 16.2. The Morgan fingerprint density at radius 3 is 2.37 bits per heavy atom. The van der Waals surface area contributed by atoms with E-state index in [1.807, 2.05) is 54.3 Å². The summed E-state index contributed by atoms with van der Waals surface area (Å²) in [7, 11) is 0. The highest BCUT2D eigenvalue weighted by Crippen LogP contribution is 2.30. The lowest BCUT2D eigenvalue weighted by molar-refractivity contribution is 0.0747. The van der Waals surface area contributed by atoms with Crippen molar-refractivity contribution >= 4 is 34.3 Å². The fourth-order valence-electron chi connectivity index (χ4n) is 3.50. The minimum absolute atomic E-state index is 0.0724. The Morgan fingerprint density at radius 1 is 0.963 bits per heavy atom. The zero-order valence-corrected chi connectivity index (χ0v) is 15.2. The maximum Gasteiger partial charge on any atom is 0.253 e. The van der Waals surface area contributed by atoms with Gasteiger partial charge in [0.2, 0.25) is 5.95 Å². The second kappa shape index (κ2) is 6.75. The predicted octanol–water partition coefficient (Wildman–Crippen LogP) is 2.07. The van der Waals surface area contributed by atoms with Crippen LogP contribution in [0.5, 0.6) is 0 Å². The smallest absolute Gasteiger partial charge is 0.253 e. The van der Waals surface area contributed by atoms with Crippen molar-refractivity contribution in [2.24, 2.45) is 0 Å². The molecule has 1 aliphatic rings. The van der Waals surface area contributed by atoms with Crippen LogP contribution in [0.25, 0.3) is 10.9 Å². The van der Waals surface area contributed by atoms with E-state index in [1.165, 1.54) is 0 Å². The third kappa shape index (κ3) is 3.23. The number of benzene rings is 2. The Hall–Kier alpha value is -3.35. The molecule has 7 heteroatoms. The number of anilines is 3. The van der Waals surface area contributed by atoms with Crippen LogP contribution in [0.15, 0.2) is 42.5 Å². The zero-order valence-electron chi connectivity index (χ0n) is 15.2. The summed E-state index contributed by atoms with van der Waals surface area (Å²) < 4.78 is 0. The molecule has 4 rings (SSSR count). The molecule has 0 bridgehead atoms. The van der Waals surface area contributed by atoms with E-state index in [0.29, 0.717) is 18.9 Å². The molecular weight excluding hydrogens is 340 g/mol. The van der Waals surface area contributed by atoms with Crippen molar-refractivity contribution in [1.29, 1.82) is 0 Å². The number of hydrogen-bond acceptors (Lipinski definition) is 6. The number of amides is 1. The number of hydrogen-bond donors (Lipinski definition) is 2. The first-order valence-electron chi connectivity index (χ1n) is 8.95. The first-order valence-corrected chi connectivity index (χ1v) is 8.95. The predicted molar refractivity (Wildman–Crippen MR) is 108 cm³/mol. The molecule has 27 heavy (non-hydrogen) atoms. The molecule has 0 radical (unpaired) electrons. The Morgan fingerprint density at radius 2 is 1.67 bits per heavy atom. The van der Waals surface area contributed by atoms with Crippen LogP contribution in [-0.4, -0.2) is 47.0 Å². The molecule has 1 aliphatic heterocycles. The number of fused-ring (bicyclic) bond motifs is 1. The average molecular weight is 362 g/mol. The van der Waals surface area contributed by atoms with E-state index in [9.17, 15) is 4.79 Å². The quantitative estimate of drug-likeness (QED) is 0.724. The van der Waals surface area contributed by atoms with Gasteiger partial charge in [0.15, 0.2) is 0 Å². The molecule has 0 atom stereocenters. The van der Waals surface area contributed by atoms with Crippen LogP contribution >= 0.6 is 0 Å². The molecule has 4 N–H and O–H groups in total. The molecule has 1 aromatic heterocycles. The highest BCUT2D eigenvalue weighted by Gasteiger charge is 2.24. The van der Waals surface area contributed by atoms with Gasteiger partial charge in [-0.2, -0.15) is 4.98 Å². The molecule has 1 amide bonds. The minimum Gasteiger partial charge on any atom is -0.383 e. The van der Waals surface area contributed by atoms with Crippen LogP contribution in [-0.2, 0) is 0 Å². The summed E-state index contributed by atoms with van der Waals surface area (Å²) in [5.74, 6) is 0.625. The average Bonchev–Trinajstić information content (AvgIpc) is 2.67. The van der Waals surface area contributed by atoms with Gasteiger partial charge in [-0.15, -0.1) is 0 Å². The van der Waals surface area contributed by atoms with Crippen LogP contribution in [0.1, 0.15) is 15.9 Å². The molecule has 2 aromatic carbocycles. The van der Waals surface area contributed by atoms with Crippen molar-refractivity contribution in [2.45, 2.75) is 6.92 Å². The second-order valence-corrected chi connectivity index (χ2v) is 6.78. The lowest BCUT2D eigenvalue weighted by atomic mass is 10.1. The molecule has 0 spiro atoms. The maximum atomic E-state index is 12.7. The van der Waals surface area contributed by atoms with Crippen LogP contribution in [0.2, 0.25) is 0 Å². The van der Waals surface area contributed by atoms with Gasteiger partial charge in [-0.05, 0) is 31.2 Å². The molecule has 7 nitrogen and oxygen atoms in total. The van der Waals surface area contributed by atoms with Crippen molar-refractivity contribution in [3.8, 4) is 0 Å². The van der Waals surface area contributed by atoms with Gasteiger partial charge in [0.25, 0.3) is 5.91 Å². The first-order chi connectivity index (χ1) is 13.0. The van der Waals surface area contributed by atoms with Gasteiger partial charge in [-0.25, -0.2) is 4.98 Å². The van der Waals surface area contributed by atoms with Crippen LogP contribution < -0.4 is 16.4 Å². The van der Waals surface area contributed by atoms with Crippen LogP contribution in [0.3, 0.4) is 0 Å². The lowest BCUT2D eigenvalue weighted by Crippen LogP contribution is -2.48. The normalized spacial score (nSPS) is 14.6. The van der Waals surface area contributed by atoms with E-state index in [0.717, 1.165) is 40.8 Å². The number of nitrogens with two attached hydrogens (primary N) is 2. The molecule has 0 saturated carbocycles. The van der Waals surface area contributed by atoms with Crippen molar-refractivity contribution in [3.05, 3.63) is 53.6 Å². The Bertz CT molecular complexity index is 993. The number of nitrogens with zero attached hydrogens (tertiary/aromatic N) is 4. The van der Waals surface area contributed by atoms with Gasteiger partial charge in [-0.3, -0.25) is 4.79 Å². The number of carbonyl (C=O) groups is 1. The monoisotopic (exact) mass is 362 g/mol. The van der Waals surface area contributed by atoms with Crippen molar-refractivity contribution in [1.82, 2.24) is 14.9 Å². The van der Waals surface area contributed by atoms with Crippen LogP contribution in [0, 0.1) is 6.92 Å². The van der Waals surface area contributed by atoms with Gasteiger partial charge in [0.05, 0.1) is 16.6 Å². The number of aromatic nitrogens is 2. The number of carbonyl (C=O) groups excluding carboxylic acids is 1. The van der Waals surface area contributed by atoms with Gasteiger partial charge < -0.3 is 21.3 Å². The van der Waals surface area contributed by atoms with E-state index < -0.39 is 0 Å². The topological polar surface area (TPSA) is 101 Å². The zero-order chi connectivity index (χ0) is 19.0. The molecule has 3 aromatic rings. The number of nitrogen functional groups attached to an aromatic ring is 2. The van der Waals surface area contributed by atoms with Crippen molar-refractivity contribution in [2.75, 3.05) is 42.5 Å². The molecule has 2 heterocycles. The van der Waals surface area contributed by atoms with E-state index in [1.54, 1.807) is 0 Å². The summed E-state index contributed by atoms with van der Waals surface area (Å²) in [5, 5.41) is 0.810. The fourth-order valence-corrected chi connectivity index (χ4v) is 3.50. The molecule has 138 valence electrons. The largest absolute Gasteiger partial charge is 0.383 e. The summed E-state index contributed by atoms with van der Waals surface area (Å²) >= 11 is 0. The summed E-state index contributed by atoms with van der Waals surface area (Å²) in [5.41, 5.74) is 15.4. The SMILES string of the molecule is Cc1ccc(C(=O)N2CCN(c3cccc4nc(N)nc(N)c34)CC2)cc1. The van der Waals surface area contributed by atoms with Crippen molar-refractivity contribution in [3.63, 3.8) is 0 Å². The van der Waals surface area contributed by atoms with Crippen LogP contribution in [0.4, 0.5) is 17.5 Å². The van der Waals surface area contributed by atoms with Gasteiger partial charge in [-0.1, -0.05) is 23.8 Å². The molecule has 1 saturated heterocycles. The Labute approximate surface area is 157 Å². The van der Waals surface area contributed by atoms with E-state index in [4.69, 9.17) is 11.5 Å². The van der Waals surface area contributed by atoms with E-state index >= 15 is 0 Å². The van der Waals surface area contributed by atoms with E-state index in [-0.39, 0.29) is 11.9 Å². The number of piperazine rings is 1. The summed E-state index contributed by atoms with van der Waals surface area (Å²) in [6.45, 7) is 4.76. The summed E-state index contributed by atoms with van der Waals surface area (Å²) in [6.07, 6.45) is 0. The molecule has 0 aliphatic carbocycles. The standard InChI is InChI=1S/C20H22N6O/c1-13-5-7-14(8-6-13)19(27)26-11-9-25(10-12-26)16-4-2-3-15-17(16)18(21)24-20(22)23-15/h2-8H,9-12H2,1H3,(H4,21,22,23,24). The minimum atomic E-state index is 0.0724. The lowest BCUT2D eigenvalue weighted by Gasteiger charge is -2.36. The Balaban J connectivity index is 1.54. The summed E-state index contributed by atoms with van der Waals surface area (Å²) in [6, 6.07) is 13.5.